The number of sulfonamides is 1. The highest BCUT2D eigenvalue weighted by atomic mass is 32.2. The van der Waals surface area contributed by atoms with Gasteiger partial charge in [-0.1, -0.05) is 61.5 Å². The summed E-state index contributed by atoms with van der Waals surface area (Å²) >= 11 is 0. The first-order chi connectivity index (χ1) is 13.0. The third kappa shape index (κ3) is 3.06. The first-order valence-electron chi connectivity index (χ1n) is 8.84. The molecule has 1 heterocycles. The van der Waals surface area contributed by atoms with Crippen LogP contribution in [0.1, 0.15) is 18.4 Å². The zero-order valence-electron chi connectivity index (χ0n) is 14.9. The van der Waals surface area contributed by atoms with Crippen LogP contribution >= 0.6 is 0 Å². The average molecular weight is 380 g/mol. The molecule has 1 aliphatic heterocycles. The van der Waals surface area contributed by atoms with Crippen LogP contribution in [0.2, 0.25) is 0 Å². The second-order valence-corrected chi connectivity index (χ2v) is 8.59. The van der Waals surface area contributed by atoms with E-state index in [1.54, 1.807) is 18.2 Å². The van der Waals surface area contributed by atoms with Crippen LogP contribution in [0, 0.1) is 0 Å². The lowest BCUT2D eigenvalue weighted by atomic mass is 10.0. The topological polar surface area (TPSA) is 66.5 Å². The highest BCUT2D eigenvalue weighted by Gasteiger charge is 2.36. The summed E-state index contributed by atoms with van der Waals surface area (Å²) in [5, 5.41) is 4.40. The highest BCUT2D eigenvalue weighted by molar-refractivity contribution is 7.93. The van der Waals surface area contributed by atoms with E-state index in [9.17, 15) is 13.2 Å². The van der Waals surface area contributed by atoms with Crippen LogP contribution in [-0.2, 0) is 14.8 Å². The van der Waals surface area contributed by atoms with Crippen LogP contribution < -0.4 is 9.62 Å². The van der Waals surface area contributed by atoms with Crippen molar-refractivity contribution in [1.29, 1.82) is 0 Å². The van der Waals surface area contributed by atoms with E-state index in [4.69, 9.17) is 0 Å². The first kappa shape index (κ1) is 17.5. The lowest BCUT2D eigenvalue weighted by molar-refractivity contribution is -0.119. The molecule has 0 spiro atoms. The SMILES string of the molecule is C[C@H](CNC(=O)CN1c2cccc3cccc(c23)S1(=O)=O)c1ccccc1. The fraction of sp³-hybridized carbons (Fsp3) is 0.190. The molecule has 0 fully saturated rings. The Kier molecular flexibility index (Phi) is 4.36. The molecule has 0 aromatic heterocycles. The van der Waals surface area contributed by atoms with E-state index in [1.807, 2.05) is 55.5 Å². The Labute approximate surface area is 158 Å². The van der Waals surface area contributed by atoms with Crippen LogP contribution in [0.3, 0.4) is 0 Å². The smallest absolute Gasteiger partial charge is 0.265 e. The van der Waals surface area contributed by atoms with Crippen LogP contribution in [-0.4, -0.2) is 27.4 Å². The zero-order chi connectivity index (χ0) is 19.0. The lowest BCUT2D eigenvalue weighted by Gasteiger charge is -2.19. The minimum absolute atomic E-state index is 0.144. The van der Waals surface area contributed by atoms with Gasteiger partial charge in [0.05, 0.1) is 10.6 Å². The van der Waals surface area contributed by atoms with E-state index in [0.717, 1.165) is 10.9 Å². The first-order valence-corrected chi connectivity index (χ1v) is 10.3. The Hall–Kier alpha value is -2.86. The van der Waals surface area contributed by atoms with Gasteiger partial charge in [0.2, 0.25) is 5.91 Å². The molecule has 0 radical (unpaired) electrons. The maximum Gasteiger partial charge on any atom is 0.265 e. The molecule has 0 unspecified atom stereocenters. The van der Waals surface area contributed by atoms with E-state index in [1.165, 1.54) is 4.31 Å². The van der Waals surface area contributed by atoms with E-state index < -0.39 is 10.0 Å². The zero-order valence-corrected chi connectivity index (χ0v) is 15.7. The van der Waals surface area contributed by atoms with Crippen molar-refractivity contribution >= 4 is 32.4 Å². The Balaban J connectivity index is 1.52. The molecule has 3 aromatic carbocycles. The van der Waals surface area contributed by atoms with Crippen molar-refractivity contribution in [3.8, 4) is 0 Å². The van der Waals surface area contributed by atoms with Gasteiger partial charge in [-0.15, -0.1) is 0 Å². The average Bonchev–Trinajstić information content (AvgIpc) is 2.90. The van der Waals surface area contributed by atoms with Crippen LogP contribution in [0.5, 0.6) is 0 Å². The number of carbonyl (C=O) groups excluding carboxylic acids is 1. The number of hydrogen-bond donors (Lipinski definition) is 1. The highest BCUT2D eigenvalue weighted by Crippen LogP contribution is 2.41. The van der Waals surface area contributed by atoms with Crippen molar-refractivity contribution in [3.05, 3.63) is 72.3 Å². The molecule has 0 bridgehead atoms. The summed E-state index contributed by atoms with van der Waals surface area (Å²) in [6.45, 7) is 2.25. The molecule has 0 aliphatic carbocycles. The third-order valence-corrected chi connectivity index (χ3v) is 6.74. The normalized spacial score (nSPS) is 15.7. The second-order valence-electron chi connectivity index (χ2n) is 6.76. The Morgan fingerprint density at radius 3 is 2.44 bits per heavy atom. The number of nitrogens with zero attached hydrogens (tertiary/aromatic N) is 1. The van der Waals surface area contributed by atoms with E-state index in [-0.39, 0.29) is 23.3 Å². The fourth-order valence-electron chi connectivity index (χ4n) is 3.48. The summed E-state index contributed by atoms with van der Waals surface area (Å²) in [6, 6.07) is 20.5. The summed E-state index contributed by atoms with van der Waals surface area (Å²) < 4.78 is 27.0. The Bertz CT molecular complexity index is 1110. The molecule has 0 saturated carbocycles. The minimum Gasteiger partial charge on any atom is -0.354 e. The number of hydrogen-bond acceptors (Lipinski definition) is 3. The van der Waals surface area contributed by atoms with Crippen molar-refractivity contribution in [2.24, 2.45) is 0 Å². The van der Waals surface area contributed by atoms with Crippen molar-refractivity contribution in [1.82, 2.24) is 5.32 Å². The number of carbonyl (C=O) groups is 1. The maximum atomic E-state index is 12.9. The number of anilines is 1. The predicted molar refractivity (Wildman–Crippen MR) is 106 cm³/mol. The summed E-state index contributed by atoms with van der Waals surface area (Å²) in [4.78, 5) is 12.7. The molecule has 3 aromatic rings. The Morgan fingerprint density at radius 2 is 1.70 bits per heavy atom. The van der Waals surface area contributed by atoms with E-state index in [0.29, 0.717) is 17.6 Å². The molecule has 5 nitrogen and oxygen atoms in total. The molecule has 27 heavy (non-hydrogen) atoms. The number of benzene rings is 3. The molecule has 1 N–H and O–H groups in total. The molecule has 1 amide bonds. The summed E-state index contributed by atoms with van der Waals surface area (Å²) in [7, 11) is -3.71. The van der Waals surface area contributed by atoms with Crippen LogP contribution in [0.25, 0.3) is 10.8 Å². The second kappa shape index (κ2) is 6.70. The van der Waals surface area contributed by atoms with Crippen molar-refractivity contribution in [2.45, 2.75) is 17.7 Å². The monoisotopic (exact) mass is 380 g/mol. The molecule has 138 valence electrons. The molecule has 1 atom stereocenters. The van der Waals surface area contributed by atoms with Gasteiger partial charge in [0.25, 0.3) is 10.0 Å². The molecular weight excluding hydrogens is 360 g/mol. The van der Waals surface area contributed by atoms with Gasteiger partial charge < -0.3 is 5.32 Å². The number of nitrogens with one attached hydrogen (secondary N) is 1. The van der Waals surface area contributed by atoms with Gasteiger partial charge in [-0.2, -0.15) is 0 Å². The quantitative estimate of drug-likeness (QED) is 0.739. The lowest BCUT2D eigenvalue weighted by Crippen LogP contribution is -2.40. The number of rotatable bonds is 5. The molecule has 6 heteroatoms. The largest absolute Gasteiger partial charge is 0.354 e. The molecule has 0 saturated heterocycles. The predicted octanol–water partition coefficient (Wildman–Crippen LogP) is 3.27. The number of amides is 1. The summed E-state index contributed by atoms with van der Waals surface area (Å²) in [6.07, 6.45) is 0. The van der Waals surface area contributed by atoms with Crippen molar-refractivity contribution < 1.29 is 13.2 Å². The van der Waals surface area contributed by atoms with Crippen LogP contribution in [0.15, 0.2) is 71.6 Å². The summed E-state index contributed by atoms with van der Waals surface area (Å²) in [5.41, 5.74) is 1.69. The van der Waals surface area contributed by atoms with E-state index in [2.05, 4.69) is 5.32 Å². The minimum atomic E-state index is -3.71. The van der Waals surface area contributed by atoms with Gasteiger partial charge >= 0.3 is 0 Å². The van der Waals surface area contributed by atoms with Gasteiger partial charge in [-0.3, -0.25) is 9.10 Å². The van der Waals surface area contributed by atoms with Crippen LogP contribution in [0.4, 0.5) is 5.69 Å². The Morgan fingerprint density at radius 1 is 1.00 bits per heavy atom. The van der Waals surface area contributed by atoms with Gasteiger partial charge in [0.1, 0.15) is 6.54 Å². The van der Waals surface area contributed by atoms with Gasteiger partial charge in [-0.05, 0) is 29.0 Å². The van der Waals surface area contributed by atoms with E-state index >= 15 is 0 Å². The molecule has 4 rings (SSSR count). The van der Waals surface area contributed by atoms with Crippen molar-refractivity contribution in [3.63, 3.8) is 0 Å². The molecule has 1 aliphatic rings. The van der Waals surface area contributed by atoms with Gasteiger partial charge in [0, 0.05) is 11.9 Å². The van der Waals surface area contributed by atoms with Gasteiger partial charge in [-0.25, -0.2) is 8.42 Å². The van der Waals surface area contributed by atoms with Crippen molar-refractivity contribution in [2.75, 3.05) is 17.4 Å². The maximum absolute atomic E-state index is 12.9. The molecular formula is C21H20N2O3S. The van der Waals surface area contributed by atoms with Gasteiger partial charge in [0.15, 0.2) is 0 Å². The standard InChI is InChI=1S/C21H20N2O3S/c1-15(16-7-3-2-4-8-16)13-22-20(24)14-23-18-11-5-9-17-10-6-12-19(21(17)18)27(23,25)26/h2-12,15H,13-14H2,1H3,(H,22,24)/t15-/m1/s1. The fourth-order valence-corrected chi connectivity index (χ4v) is 5.15. The summed E-state index contributed by atoms with van der Waals surface area (Å²) in [5.74, 6) is -0.169. The third-order valence-electron chi connectivity index (χ3n) is 4.94.